The van der Waals surface area contributed by atoms with Gasteiger partial charge in [-0.2, -0.15) is 0 Å². The largest absolute Gasteiger partial charge is 0.489 e. The maximum atomic E-state index is 13.1. The highest BCUT2D eigenvalue weighted by molar-refractivity contribution is 5.93. The quantitative estimate of drug-likeness (QED) is 0.601. The summed E-state index contributed by atoms with van der Waals surface area (Å²) in [7, 11) is 0. The van der Waals surface area contributed by atoms with Gasteiger partial charge in [0, 0.05) is 32.7 Å². The van der Waals surface area contributed by atoms with Crippen molar-refractivity contribution in [1.29, 1.82) is 0 Å². The van der Waals surface area contributed by atoms with E-state index < -0.39 is 0 Å². The van der Waals surface area contributed by atoms with E-state index in [0.717, 1.165) is 25.4 Å². The lowest BCUT2D eigenvalue weighted by Gasteiger charge is -2.34. The Bertz CT molecular complexity index is 1020. The normalized spacial score (nSPS) is 14.6. The van der Waals surface area contributed by atoms with E-state index in [4.69, 9.17) is 9.26 Å². The van der Waals surface area contributed by atoms with Crippen molar-refractivity contribution >= 4 is 5.91 Å². The minimum atomic E-state index is -0.0886. The highest BCUT2D eigenvalue weighted by atomic mass is 16.5. The number of hydrogen-bond acceptors (Lipinski definition) is 5. The lowest BCUT2D eigenvalue weighted by Crippen LogP contribution is -2.48. The van der Waals surface area contributed by atoms with Crippen molar-refractivity contribution in [2.75, 3.05) is 26.2 Å². The van der Waals surface area contributed by atoms with Crippen LogP contribution < -0.4 is 4.74 Å². The molecule has 31 heavy (non-hydrogen) atoms. The van der Waals surface area contributed by atoms with Gasteiger partial charge in [0.05, 0.1) is 5.56 Å². The molecule has 2 aromatic carbocycles. The van der Waals surface area contributed by atoms with E-state index in [9.17, 15) is 4.79 Å². The average molecular weight is 420 g/mol. The van der Waals surface area contributed by atoms with Crippen molar-refractivity contribution in [3.05, 3.63) is 82.2 Å². The molecule has 162 valence electrons. The van der Waals surface area contributed by atoms with Gasteiger partial charge in [0.15, 0.2) is 5.69 Å². The summed E-state index contributed by atoms with van der Waals surface area (Å²) in [6, 6.07) is 16.5. The molecule has 6 nitrogen and oxygen atoms in total. The van der Waals surface area contributed by atoms with Crippen LogP contribution in [-0.2, 0) is 13.2 Å². The van der Waals surface area contributed by atoms with Crippen molar-refractivity contribution in [1.82, 2.24) is 15.0 Å². The zero-order chi connectivity index (χ0) is 21.8. The molecule has 6 heteroatoms. The number of nitrogens with zero attached hydrogens (tertiary/aromatic N) is 3. The second-order valence-corrected chi connectivity index (χ2v) is 8.22. The molecule has 1 amide bonds. The fraction of sp³-hybridized carbons (Fsp3) is 0.360. The summed E-state index contributed by atoms with van der Waals surface area (Å²) in [6.45, 7) is 10.1. The third-order valence-electron chi connectivity index (χ3n) is 5.78. The monoisotopic (exact) mass is 419 g/mol. The molecule has 0 bridgehead atoms. The Kier molecular flexibility index (Phi) is 6.37. The number of benzene rings is 2. The lowest BCUT2D eigenvalue weighted by molar-refractivity contribution is 0.0616. The van der Waals surface area contributed by atoms with Gasteiger partial charge in [-0.25, -0.2) is 0 Å². The van der Waals surface area contributed by atoms with Crippen molar-refractivity contribution in [2.24, 2.45) is 0 Å². The Morgan fingerprint density at radius 3 is 2.19 bits per heavy atom. The standard InChI is InChI=1S/C25H29N3O3/c1-18-4-8-21(9-5-18)16-27-12-14-28(15-13-27)25(29)24-23(20(3)31-26-24)17-30-22-10-6-19(2)7-11-22/h4-11H,12-17H2,1-3H3. The van der Waals surface area contributed by atoms with Gasteiger partial charge >= 0.3 is 0 Å². The van der Waals surface area contributed by atoms with E-state index in [1.807, 2.05) is 43.0 Å². The molecule has 3 aromatic rings. The summed E-state index contributed by atoms with van der Waals surface area (Å²) >= 11 is 0. The van der Waals surface area contributed by atoms with Crippen LogP contribution in [0.2, 0.25) is 0 Å². The summed E-state index contributed by atoms with van der Waals surface area (Å²) in [4.78, 5) is 17.4. The van der Waals surface area contributed by atoms with E-state index in [1.54, 1.807) is 0 Å². The first-order valence-electron chi connectivity index (χ1n) is 10.7. The number of piperazine rings is 1. The number of hydrogen-bond donors (Lipinski definition) is 0. The predicted octanol–water partition coefficient (Wildman–Crippen LogP) is 4.14. The van der Waals surface area contributed by atoms with Crippen LogP contribution in [0, 0.1) is 20.8 Å². The summed E-state index contributed by atoms with van der Waals surface area (Å²) in [5, 5.41) is 4.05. The zero-order valence-electron chi connectivity index (χ0n) is 18.4. The molecule has 1 aromatic heterocycles. The molecule has 0 saturated carbocycles. The Morgan fingerprint density at radius 2 is 1.55 bits per heavy atom. The van der Waals surface area contributed by atoms with Crippen molar-refractivity contribution in [3.63, 3.8) is 0 Å². The van der Waals surface area contributed by atoms with E-state index in [2.05, 4.69) is 41.2 Å². The lowest BCUT2D eigenvalue weighted by atomic mass is 10.1. The van der Waals surface area contributed by atoms with Crippen molar-refractivity contribution in [2.45, 2.75) is 33.9 Å². The van der Waals surface area contributed by atoms with Gasteiger partial charge in [0.25, 0.3) is 5.91 Å². The third-order valence-corrected chi connectivity index (χ3v) is 5.78. The first-order valence-corrected chi connectivity index (χ1v) is 10.7. The third kappa shape index (κ3) is 5.14. The second-order valence-electron chi connectivity index (χ2n) is 8.22. The van der Waals surface area contributed by atoms with Crippen molar-refractivity contribution in [3.8, 4) is 5.75 Å². The van der Waals surface area contributed by atoms with Crippen LogP contribution >= 0.6 is 0 Å². The molecule has 0 unspecified atom stereocenters. The Hall–Kier alpha value is -3.12. The number of rotatable bonds is 6. The molecular formula is C25H29N3O3. The number of carbonyl (C=O) groups is 1. The Labute approximate surface area is 183 Å². The molecule has 1 aliphatic heterocycles. The molecule has 1 saturated heterocycles. The molecule has 0 aliphatic carbocycles. The number of amides is 1. The van der Waals surface area contributed by atoms with Crippen LogP contribution in [0.25, 0.3) is 0 Å². The van der Waals surface area contributed by atoms with Crippen LogP contribution in [0.15, 0.2) is 53.1 Å². The van der Waals surface area contributed by atoms with Gasteiger partial charge < -0.3 is 14.2 Å². The predicted molar refractivity (Wildman–Crippen MR) is 119 cm³/mol. The summed E-state index contributed by atoms with van der Waals surface area (Å²) < 4.78 is 11.2. The highest BCUT2D eigenvalue weighted by Gasteiger charge is 2.28. The molecular weight excluding hydrogens is 390 g/mol. The fourth-order valence-electron chi connectivity index (χ4n) is 3.73. The van der Waals surface area contributed by atoms with Gasteiger partial charge in [0.1, 0.15) is 18.1 Å². The second kappa shape index (κ2) is 9.35. The van der Waals surface area contributed by atoms with Gasteiger partial charge in [0.2, 0.25) is 0 Å². The van der Waals surface area contributed by atoms with Gasteiger partial charge in [-0.3, -0.25) is 9.69 Å². The van der Waals surface area contributed by atoms with Gasteiger partial charge in [-0.15, -0.1) is 0 Å². The summed E-state index contributed by atoms with van der Waals surface area (Å²) in [5.74, 6) is 1.29. The average Bonchev–Trinajstić information content (AvgIpc) is 3.15. The molecule has 4 rings (SSSR count). The number of carbonyl (C=O) groups excluding carboxylic acids is 1. The number of ether oxygens (including phenoxy) is 1. The topological polar surface area (TPSA) is 58.8 Å². The summed E-state index contributed by atoms with van der Waals surface area (Å²) in [6.07, 6.45) is 0. The molecule has 0 radical (unpaired) electrons. The minimum absolute atomic E-state index is 0.0886. The number of aromatic nitrogens is 1. The molecule has 1 fully saturated rings. The van der Waals surface area contributed by atoms with Crippen LogP contribution in [0.1, 0.15) is 38.5 Å². The number of aryl methyl sites for hydroxylation is 3. The van der Waals surface area contributed by atoms with Gasteiger partial charge in [-0.05, 0) is 38.5 Å². The Morgan fingerprint density at radius 1 is 0.935 bits per heavy atom. The minimum Gasteiger partial charge on any atom is -0.489 e. The first-order chi connectivity index (χ1) is 15.0. The van der Waals surface area contributed by atoms with Gasteiger partial charge in [-0.1, -0.05) is 52.7 Å². The van der Waals surface area contributed by atoms with Crippen LogP contribution in [0.3, 0.4) is 0 Å². The molecule has 1 aliphatic rings. The Balaban J connectivity index is 1.35. The van der Waals surface area contributed by atoms with E-state index >= 15 is 0 Å². The SMILES string of the molecule is Cc1ccc(CN2CCN(C(=O)c3noc(C)c3COc3ccc(C)cc3)CC2)cc1. The maximum absolute atomic E-state index is 13.1. The maximum Gasteiger partial charge on any atom is 0.276 e. The van der Waals surface area contributed by atoms with Crippen molar-refractivity contribution < 1.29 is 14.1 Å². The highest BCUT2D eigenvalue weighted by Crippen LogP contribution is 2.20. The first kappa shape index (κ1) is 21.1. The molecule has 0 N–H and O–H groups in total. The van der Waals surface area contributed by atoms with E-state index in [-0.39, 0.29) is 12.5 Å². The van der Waals surface area contributed by atoms with Crippen LogP contribution in [0.5, 0.6) is 5.75 Å². The van der Waals surface area contributed by atoms with Crippen LogP contribution in [0.4, 0.5) is 0 Å². The molecule has 2 heterocycles. The van der Waals surface area contributed by atoms with E-state index in [0.29, 0.717) is 30.1 Å². The smallest absolute Gasteiger partial charge is 0.276 e. The van der Waals surface area contributed by atoms with E-state index in [1.165, 1.54) is 16.7 Å². The molecule has 0 spiro atoms. The van der Waals surface area contributed by atoms with Crippen LogP contribution in [-0.4, -0.2) is 47.0 Å². The molecule has 0 atom stereocenters. The summed E-state index contributed by atoms with van der Waals surface area (Å²) in [5.41, 5.74) is 4.81. The fourth-order valence-corrected chi connectivity index (χ4v) is 3.73. The zero-order valence-corrected chi connectivity index (χ0v) is 18.4.